The lowest BCUT2D eigenvalue weighted by Crippen LogP contribution is -2.48. The van der Waals surface area contributed by atoms with Gasteiger partial charge in [-0.25, -0.2) is 17.8 Å². The zero-order valence-electron chi connectivity index (χ0n) is 17.2. The molecule has 1 atom stereocenters. The van der Waals surface area contributed by atoms with E-state index in [1.807, 2.05) is 6.07 Å². The number of carbonyl (C=O) groups is 2. The van der Waals surface area contributed by atoms with Crippen LogP contribution >= 0.6 is 0 Å². The van der Waals surface area contributed by atoms with E-state index in [2.05, 4.69) is 10.4 Å². The molecule has 3 aliphatic heterocycles. The molecule has 2 saturated heterocycles. The maximum Gasteiger partial charge on any atom is 0.267 e. The third-order valence-corrected chi connectivity index (χ3v) is 8.10. The van der Waals surface area contributed by atoms with Gasteiger partial charge in [-0.15, -0.1) is 0 Å². The van der Waals surface area contributed by atoms with Crippen LogP contribution in [0.4, 0.5) is 4.39 Å². The molecule has 3 aliphatic rings. The number of nitrogens with one attached hydrogen (secondary N) is 1. The van der Waals surface area contributed by atoms with Crippen molar-refractivity contribution in [3.63, 3.8) is 0 Å². The third-order valence-electron chi connectivity index (χ3n) is 6.35. The Morgan fingerprint density at radius 1 is 1.29 bits per heavy atom. The first kappa shape index (κ1) is 21.9. The van der Waals surface area contributed by atoms with Gasteiger partial charge in [0.15, 0.2) is 9.84 Å². The molecule has 0 radical (unpaired) electrons. The van der Waals surface area contributed by atoms with Gasteiger partial charge in [0, 0.05) is 38.0 Å². The Morgan fingerprint density at radius 3 is 2.74 bits per heavy atom. The van der Waals surface area contributed by atoms with E-state index in [-0.39, 0.29) is 47.7 Å². The van der Waals surface area contributed by atoms with E-state index in [0.29, 0.717) is 39.0 Å². The smallest absolute Gasteiger partial charge is 0.267 e. The molecule has 4 rings (SSSR count). The van der Waals surface area contributed by atoms with Gasteiger partial charge in [-0.05, 0) is 37.0 Å². The van der Waals surface area contributed by atoms with Crippen LogP contribution in [0, 0.1) is 5.82 Å². The SMILES string of the molecule is O=C(NCC1(c2cccc(F)c2)CCOCC1)C1=NN(C2CCS(=O)(=O)C2)C(=O)CC1. The first-order valence-corrected chi connectivity index (χ1v) is 12.3. The Kier molecular flexibility index (Phi) is 6.11. The molecule has 1 unspecified atom stereocenters. The molecule has 3 heterocycles. The highest BCUT2D eigenvalue weighted by atomic mass is 32.2. The summed E-state index contributed by atoms with van der Waals surface area (Å²) in [6.07, 6.45) is 1.94. The number of hydrogen-bond acceptors (Lipinski definition) is 6. The van der Waals surface area contributed by atoms with Gasteiger partial charge in [0.2, 0.25) is 5.91 Å². The lowest BCUT2D eigenvalue weighted by Gasteiger charge is -2.38. The highest BCUT2D eigenvalue weighted by Gasteiger charge is 2.38. The topological polar surface area (TPSA) is 105 Å². The molecule has 2 fully saturated rings. The van der Waals surface area contributed by atoms with Gasteiger partial charge in [0.25, 0.3) is 5.91 Å². The number of benzene rings is 1. The van der Waals surface area contributed by atoms with Crippen molar-refractivity contribution in [3.8, 4) is 0 Å². The lowest BCUT2D eigenvalue weighted by molar-refractivity contribution is -0.133. The summed E-state index contributed by atoms with van der Waals surface area (Å²) in [5.74, 6) is -1.08. The van der Waals surface area contributed by atoms with E-state index < -0.39 is 21.3 Å². The Labute approximate surface area is 180 Å². The molecule has 0 aromatic heterocycles. The number of halogens is 1. The van der Waals surface area contributed by atoms with Gasteiger partial charge in [0.1, 0.15) is 11.5 Å². The summed E-state index contributed by atoms with van der Waals surface area (Å²) >= 11 is 0. The normalized spacial score (nSPS) is 25.2. The fourth-order valence-corrected chi connectivity index (χ4v) is 6.18. The van der Waals surface area contributed by atoms with Crippen LogP contribution < -0.4 is 5.32 Å². The highest BCUT2D eigenvalue weighted by Crippen LogP contribution is 2.34. The van der Waals surface area contributed by atoms with E-state index in [4.69, 9.17) is 4.74 Å². The Balaban J connectivity index is 1.49. The number of ether oxygens (including phenoxy) is 1. The van der Waals surface area contributed by atoms with Crippen LogP contribution in [0.1, 0.15) is 37.7 Å². The number of sulfone groups is 1. The van der Waals surface area contributed by atoms with Gasteiger partial charge in [0.05, 0.1) is 17.5 Å². The fraction of sp³-hybridized carbons (Fsp3) is 0.571. The molecule has 0 aliphatic carbocycles. The Bertz CT molecular complexity index is 1000. The van der Waals surface area contributed by atoms with Crippen LogP contribution in [0.25, 0.3) is 0 Å². The second-order valence-corrected chi connectivity index (χ2v) is 10.7. The molecule has 0 bridgehead atoms. The van der Waals surface area contributed by atoms with Crippen molar-refractivity contribution in [1.29, 1.82) is 0 Å². The molecular weight excluding hydrogens is 425 g/mol. The Hall–Kier alpha value is -2.33. The number of hydrazone groups is 1. The number of rotatable bonds is 5. The predicted octanol–water partition coefficient (Wildman–Crippen LogP) is 1.16. The summed E-state index contributed by atoms with van der Waals surface area (Å²) in [4.78, 5) is 25.1. The monoisotopic (exact) mass is 451 g/mol. The van der Waals surface area contributed by atoms with Crippen molar-refractivity contribution < 1.29 is 27.1 Å². The molecule has 1 aromatic carbocycles. The van der Waals surface area contributed by atoms with Crippen molar-refractivity contribution in [1.82, 2.24) is 10.3 Å². The van der Waals surface area contributed by atoms with Crippen LogP contribution in [0.15, 0.2) is 29.4 Å². The summed E-state index contributed by atoms with van der Waals surface area (Å²) < 4.78 is 42.9. The van der Waals surface area contributed by atoms with Crippen LogP contribution in [-0.2, 0) is 29.6 Å². The molecule has 10 heteroatoms. The van der Waals surface area contributed by atoms with Crippen LogP contribution in [-0.4, -0.2) is 68.3 Å². The largest absolute Gasteiger partial charge is 0.381 e. The van der Waals surface area contributed by atoms with Crippen molar-refractivity contribution in [2.75, 3.05) is 31.3 Å². The summed E-state index contributed by atoms with van der Waals surface area (Å²) in [7, 11) is -3.18. The van der Waals surface area contributed by atoms with Crippen molar-refractivity contribution in [2.24, 2.45) is 5.10 Å². The van der Waals surface area contributed by atoms with Crippen molar-refractivity contribution in [2.45, 2.75) is 43.6 Å². The molecule has 0 saturated carbocycles. The fourth-order valence-electron chi connectivity index (χ4n) is 4.49. The van der Waals surface area contributed by atoms with E-state index in [1.54, 1.807) is 6.07 Å². The molecule has 0 spiro atoms. The lowest BCUT2D eigenvalue weighted by atomic mass is 9.74. The highest BCUT2D eigenvalue weighted by molar-refractivity contribution is 7.91. The van der Waals surface area contributed by atoms with Gasteiger partial charge >= 0.3 is 0 Å². The predicted molar refractivity (Wildman–Crippen MR) is 112 cm³/mol. The summed E-state index contributed by atoms with van der Waals surface area (Å²) in [6, 6.07) is 5.89. The molecule has 1 N–H and O–H groups in total. The second-order valence-electron chi connectivity index (χ2n) is 8.43. The van der Waals surface area contributed by atoms with Gasteiger partial charge in [-0.2, -0.15) is 5.10 Å². The molecule has 168 valence electrons. The quantitative estimate of drug-likeness (QED) is 0.723. The van der Waals surface area contributed by atoms with Crippen LogP contribution in [0.3, 0.4) is 0 Å². The van der Waals surface area contributed by atoms with Crippen LogP contribution in [0.2, 0.25) is 0 Å². The Morgan fingerprint density at radius 2 is 2.06 bits per heavy atom. The number of nitrogens with zero attached hydrogens (tertiary/aromatic N) is 2. The minimum Gasteiger partial charge on any atom is -0.381 e. The molecule has 1 aromatic rings. The standard InChI is InChI=1S/C21H26FN3O5S/c22-16-3-1-2-15(12-16)21(7-9-30-10-8-21)14-23-20(27)18-4-5-19(26)25(24-18)17-6-11-31(28,29)13-17/h1-3,12,17H,4-11,13-14H2,(H,23,27). The van der Waals surface area contributed by atoms with Crippen LogP contribution in [0.5, 0.6) is 0 Å². The number of amides is 2. The van der Waals surface area contributed by atoms with E-state index >= 15 is 0 Å². The maximum absolute atomic E-state index is 13.8. The molecular formula is C21H26FN3O5S. The summed E-state index contributed by atoms with van der Waals surface area (Å²) in [5, 5.41) is 8.32. The average Bonchev–Trinajstić information content (AvgIpc) is 3.12. The first-order chi connectivity index (χ1) is 14.8. The van der Waals surface area contributed by atoms with E-state index in [0.717, 1.165) is 5.56 Å². The van der Waals surface area contributed by atoms with Crippen molar-refractivity contribution >= 4 is 27.4 Å². The average molecular weight is 452 g/mol. The number of hydrogen-bond donors (Lipinski definition) is 1. The minimum atomic E-state index is -3.18. The van der Waals surface area contributed by atoms with Gasteiger partial charge in [-0.3, -0.25) is 9.59 Å². The van der Waals surface area contributed by atoms with E-state index in [9.17, 15) is 22.4 Å². The molecule has 8 nitrogen and oxygen atoms in total. The van der Waals surface area contributed by atoms with Crippen molar-refractivity contribution in [3.05, 3.63) is 35.6 Å². The maximum atomic E-state index is 13.8. The minimum absolute atomic E-state index is 0.0245. The first-order valence-electron chi connectivity index (χ1n) is 10.5. The summed E-state index contributed by atoms with van der Waals surface area (Å²) in [6.45, 7) is 1.33. The second kappa shape index (κ2) is 8.66. The van der Waals surface area contributed by atoms with E-state index in [1.165, 1.54) is 17.1 Å². The number of carbonyl (C=O) groups excluding carboxylic acids is 2. The zero-order chi connectivity index (χ0) is 22.1. The molecule has 2 amide bonds. The van der Waals surface area contributed by atoms with Gasteiger partial charge < -0.3 is 10.1 Å². The molecule has 31 heavy (non-hydrogen) atoms. The zero-order valence-corrected chi connectivity index (χ0v) is 18.0. The third kappa shape index (κ3) is 4.79. The van der Waals surface area contributed by atoms with Gasteiger partial charge in [-0.1, -0.05) is 12.1 Å². The summed E-state index contributed by atoms with van der Waals surface area (Å²) in [5.41, 5.74) is 0.584.